The van der Waals surface area contributed by atoms with Crippen LogP contribution in [0, 0.1) is 0 Å². The number of carboxylic acid groups (broad SMARTS) is 2. The maximum Gasteiger partial charge on any atom is 0.503 e. The number of carbonyl (C=O) groups is 1. The second-order valence-electron chi connectivity index (χ2n) is 4.35. The van der Waals surface area contributed by atoms with E-state index in [2.05, 4.69) is 87.3 Å². The van der Waals surface area contributed by atoms with E-state index in [1.807, 2.05) is 6.07 Å². The molecule has 2 aromatic rings. The zero-order chi connectivity index (χ0) is 15.8. The molecule has 0 heterocycles. The quantitative estimate of drug-likeness (QED) is 0.623. The average molecular weight is 416 g/mol. The number of benzene rings is 2. The van der Waals surface area contributed by atoms with Gasteiger partial charge in [0.05, 0.1) is 4.83 Å². The Kier molecular flexibility index (Phi) is 7.47. The molecule has 0 aromatic heterocycles. The second kappa shape index (κ2) is 8.85. The molecule has 0 fully saturated rings. The summed E-state index contributed by atoms with van der Waals surface area (Å²) in [6.07, 6.45) is -1.83. The van der Waals surface area contributed by atoms with Crippen molar-refractivity contribution < 1.29 is 15.0 Å². The highest BCUT2D eigenvalue weighted by Crippen LogP contribution is 2.32. The number of rotatable bonds is 3. The van der Waals surface area contributed by atoms with E-state index in [0.717, 1.165) is 0 Å². The van der Waals surface area contributed by atoms with Crippen molar-refractivity contribution in [1.29, 1.82) is 0 Å². The fourth-order valence-electron chi connectivity index (χ4n) is 1.76. The Morgan fingerprint density at radius 1 is 0.905 bits per heavy atom. The van der Waals surface area contributed by atoms with E-state index in [1.165, 1.54) is 16.7 Å². The summed E-state index contributed by atoms with van der Waals surface area (Å²) in [6.45, 7) is 2.14. The standard InChI is InChI=1S/C15H14Br2.CH2O3/c1-11(16)15(17)14-9-7-13(8-10-14)12-5-3-2-4-6-12;2-1(3)4/h2-11,15H,1H3;(H2,2,3,4). The van der Waals surface area contributed by atoms with Gasteiger partial charge in [0.2, 0.25) is 0 Å². The van der Waals surface area contributed by atoms with Gasteiger partial charge in [-0.05, 0) is 16.7 Å². The predicted octanol–water partition coefficient (Wildman–Crippen LogP) is 5.80. The minimum Gasteiger partial charge on any atom is -0.450 e. The van der Waals surface area contributed by atoms with E-state index in [4.69, 9.17) is 15.0 Å². The third kappa shape index (κ3) is 6.31. The van der Waals surface area contributed by atoms with Crippen molar-refractivity contribution in [2.24, 2.45) is 0 Å². The first-order chi connectivity index (χ1) is 9.91. The third-order valence-electron chi connectivity index (χ3n) is 2.74. The lowest BCUT2D eigenvalue weighted by Crippen LogP contribution is -2.00. The normalized spacial score (nSPS) is 12.7. The highest BCUT2D eigenvalue weighted by atomic mass is 79.9. The Labute approximate surface area is 140 Å². The molecule has 0 radical (unpaired) electrons. The maximum absolute atomic E-state index is 8.56. The molecule has 2 unspecified atom stereocenters. The van der Waals surface area contributed by atoms with Gasteiger partial charge in [-0.1, -0.05) is 93.4 Å². The lowest BCUT2D eigenvalue weighted by molar-refractivity contribution is 0.137. The summed E-state index contributed by atoms with van der Waals surface area (Å²) in [5.74, 6) is 0. The van der Waals surface area contributed by atoms with Crippen molar-refractivity contribution >= 4 is 38.0 Å². The predicted molar refractivity (Wildman–Crippen MR) is 92.6 cm³/mol. The summed E-state index contributed by atoms with van der Waals surface area (Å²) >= 11 is 7.28. The lowest BCUT2D eigenvalue weighted by Gasteiger charge is -2.13. The molecule has 0 saturated heterocycles. The third-order valence-corrected chi connectivity index (χ3v) is 5.30. The minimum atomic E-state index is -1.83. The topological polar surface area (TPSA) is 57.5 Å². The molecule has 0 aliphatic rings. The Balaban J connectivity index is 0.000000491. The molecule has 2 rings (SSSR count). The van der Waals surface area contributed by atoms with E-state index in [9.17, 15) is 0 Å². The van der Waals surface area contributed by atoms with Crippen molar-refractivity contribution in [3.8, 4) is 11.1 Å². The van der Waals surface area contributed by atoms with Gasteiger partial charge in [-0.15, -0.1) is 0 Å². The molecule has 0 aliphatic heterocycles. The van der Waals surface area contributed by atoms with Crippen molar-refractivity contribution in [3.05, 3.63) is 60.2 Å². The molecular weight excluding hydrogens is 400 g/mol. The molecule has 0 saturated carbocycles. The molecule has 2 atom stereocenters. The van der Waals surface area contributed by atoms with Crippen LogP contribution in [0.2, 0.25) is 0 Å². The monoisotopic (exact) mass is 414 g/mol. The van der Waals surface area contributed by atoms with Crippen molar-refractivity contribution in [2.45, 2.75) is 16.6 Å². The molecule has 5 heteroatoms. The molecule has 3 nitrogen and oxygen atoms in total. The highest BCUT2D eigenvalue weighted by Gasteiger charge is 2.12. The lowest BCUT2D eigenvalue weighted by atomic mass is 10.0. The first kappa shape index (κ1) is 17.7. The van der Waals surface area contributed by atoms with Gasteiger partial charge >= 0.3 is 6.16 Å². The van der Waals surface area contributed by atoms with Crippen molar-refractivity contribution in [2.75, 3.05) is 0 Å². The van der Waals surface area contributed by atoms with Crippen molar-refractivity contribution in [1.82, 2.24) is 0 Å². The van der Waals surface area contributed by atoms with Crippen molar-refractivity contribution in [3.63, 3.8) is 0 Å². The van der Waals surface area contributed by atoms with Crippen LogP contribution in [0.1, 0.15) is 17.3 Å². The molecule has 0 amide bonds. The molecule has 0 spiro atoms. The first-order valence-corrected chi connectivity index (χ1v) is 8.10. The van der Waals surface area contributed by atoms with E-state index < -0.39 is 6.16 Å². The SMILES string of the molecule is CC(Br)C(Br)c1ccc(-c2ccccc2)cc1.O=C(O)O. The van der Waals surface area contributed by atoms with Crippen LogP contribution in [0.25, 0.3) is 11.1 Å². The Bertz CT molecular complexity index is 549. The Morgan fingerprint density at radius 3 is 1.76 bits per heavy atom. The fraction of sp³-hybridized carbons (Fsp3) is 0.188. The van der Waals surface area contributed by atoms with Crippen LogP contribution in [-0.4, -0.2) is 21.2 Å². The number of hydrogen-bond donors (Lipinski definition) is 2. The van der Waals surface area contributed by atoms with Gasteiger partial charge in [-0.25, -0.2) is 4.79 Å². The molecule has 21 heavy (non-hydrogen) atoms. The fourth-order valence-corrected chi connectivity index (χ4v) is 2.37. The Morgan fingerprint density at radius 2 is 1.33 bits per heavy atom. The summed E-state index contributed by atoms with van der Waals surface area (Å²) in [4.78, 5) is 9.33. The number of hydrogen-bond acceptors (Lipinski definition) is 1. The van der Waals surface area contributed by atoms with Gasteiger partial charge in [0.25, 0.3) is 0 Å². The van der Waals surface area contributed by atoms with Crippen LogP contribution >= 0.6 is 31.9 Å². The average Bonchev–Trinajstić information content (AvgIpc) is 2.47. The number of alkyl halides is 2. The smallest absolute Gasteiger partial charge is 0.450 e. The van der Waals surface area contributed by atoms with Crippen LogP contribution in [0.4, 0.5) is 4.79 Å². The molecule has 2 N–H and O–H groups in total. The van der Waals surface area contributed by atoms with Gasteiger partial charge in [-0.2, -0.15) is 0 Å². The zero-order valence-corrected chi connectivity index (χ0v) is 14.6. The summed E-state index contributed by atoms with van der Waals surface area (Å²) in [6, 6.07) is 19.1. The summed E-state index contributed by atoms with van der Waals surface area (Å²) in [7, 11) is 0. The summed E-state index contributed by atoms with van der Waals surface area (Å²) in [5, 5.41) is 13.9. The van der Waals surface area contributed by atoms with Gasteiger partial charge in [-0.3, -0.25) is 0 Å². The van der Waals surface area contributed by atoms with Gasteiger partial charge < -0.3 is 10.2 Å². The summed E-state index contributed by atoms with van der Waals surface area (Å²) in [5.41, 5.74) is 3.82. The van der Waals surface area contributed by atoms with E-state index in [0.29, 0.717) is 9.65 Å². The van der Waals surface area contributed by atoms with E-state index >= 15 is 0 Å². The summed E-state index contributed by atoms with van der Waals surface area (Å²) < 4.78 is 0. The maximum atomic E-state index is 8.56. The molecule has 112 valence electrons. The first-order valence-electron chi connectivity index (χ1n) is 6.27. The molecule has 0 bridgehead atoms. The Hall–Kier alpha value is -1.33. The molecule has 0 aliphatic carbocycles. The zero-order valence-electron chi connectivity index (χ0n) is 11.4. The highest BCUT2D eigenvalue weighted by molar-refractivity contribution is 9.12. The van der Waals surface area contributed by atoms with Crippen LogP contribution < -0.4 is 0 Å². The van der Waals surface area contributed by atoms with Crippen LogP contribution in [0.15, 0.2) is 54.6 Å². The second-order valence-corrected chi connectivity index (χ2v) is 6.78. The van der Waals surface area contributed by atoms with Crippen LogP contribution in [0.3, 0.4) is 0 Å². The van der Waals surface area contributed by atoms with Gasteiger partial charge in [0.1, 0.15) is 0 Å². The van der Waals surface area contributed by atoms with E-state index in [-0.39, 0.29) is 0 Å². The van der Waals surface area contributed by atoms with Crippen LogP contribution in [0.5, 0.6) is 0 Å². The van der Waals surface area contributed by atoms with E-state index in [1.54, 1.807) is 0 Å². The van der Waals surface area contributed by atoms with Gasteiger partial charge in [0, 0.05) is 4.83 Å². The molecule has 2 aromatic carbocycles. The largest absolute Gasteiger partial charge is 0.503 e. The molecular formula is C16H16Br2O3. The van der Waals surface area contributed by atoms with Crippen LogP contribution in [-0.2, 0) is 0 Å². The minimum absolute atomic E-state index is 0.354. The van der Waals surface area contributed by atoms with Gasteiger partial charge in [0.15, 0.2) is 0 Å². The number of halogens is 2.